The molecule has 0 bridgehead atoms. The standard InChI is InChI=1S/C14H11ClN4/c1-10-6-8-11(9-7-10)19-17-14(16-18-19)12-4-2-3-5-13(12)15/h2-9H,1H3. The van der Waals surface area contributed by atoms with E-state index in [0.717, 1.165) is 11.3 Å². The molecule has 0 aliphatic heterocycles. The quantitative estimate of drug-likeness (QED) is 0.718. The SMILES string of the molecule is Cc1ccc(-n2nnc(-c3ccccc3Cl)n2)cc1. The summed E-state index contributed by atoms with van der Waals surface area (Å²) in [5, 5.41) is 13.1. The van der Waals surface area contributed by atoms with Crippen molar-refractivity contribution < 1.29 is 0 Å². The molecule has 3 rings (SSSR count). The number of nitrogens with zero attached hydrogens (tertiary/aromatic N) is 4. The van der Waals surface area contributed by atoms with E-state index in [1.54, 1.807) is 0 Å². The zero-order chi connectivity index (χ0) is 13.2. The Kier molecular flexibility index (Phi) is 3.01. The lowest BCUT2D eigenvalue weighted by Crippen LogP contribution is -1.98. The summed E-state index contributed by atoms with van der Waals surface area (Å²) < 4.78 is 0. The first-order chi connectivity index (χ1) is 9.24. The summed E-state index contributed by atoms with van der Waals surface area (Å²) in [6, 6.07) is 15.4. The minimum atomic E-state index is 0.520. The first-order valence-electron chi connectivity index (χ1n) is 5.86. The molecule has 0 N–H and O–H groups in total. The minimum absolute atomic E-state index is 0.520. The van der Waals surface area contributed by atoms with Crippen LogP contribution in [0, 0.1) is 6.92 Å². The third kappa shape index (κ3) is 2.35. The monoisotopic (exact) mass is 270 g/mol. The van der Waals surface area contributed by atoms with Gasteiger partial charge in [0.15, 0.2) is 0 Å². The second-order valence-electron chi connectivity index (χ2n) is 4.22. The second-order valence-corrected chi connectivity index (χ2v) is 4.63. The van der Waals surface area contributed by atoms with E-state index in [1.165, 1.54) is 10.4 Å². The van der Waals surface area contributed by atoms with Gasteiger partial charge in [0.25, 0.3) is 0 Å². The maximum Gasteiger partial charge on any atom is 0.206 e. The van der Waals surface area contributed by atoms with Crippen molar-refractivity contribution in [1.29, 1.82) is 0 Å². The van der Waals surface area contributed by atoms with E-state index in [-0.39, 0.29) is 0 Å². The smallest absolute Gasteiger partial charge is 0.130 e. The summed E-state index contributed by atoms with van der Waals surface area (Å²) in [5.41, 5.74) is 2.84. The third-order valence-electron chi connectivity index (χ3n) is 2.79. The van der Waals surface area contributed by atoms with Crippen LogP contribution in [0.3, 0.4) is 0 Å². The van der Waals surface area contributed by atoms with E-state index < -0.39 is 0 Å². The molecular weight excluding hydrogens is 260 g/mol. The number of hydrogen-bond donors (Lipinski definition) is 0. The molecule has 0 saturated heterocycles. The van der Waals surface area contributed by atoms with Crippen LogP contribution in [0.2, 0.25) is 5.02 Å². The van der Waals surface area contributed by atoms with Crippen molar-refractivity contribution in [2.24, 2.45) is 0 Å². The van der Waals surface area contributed by atoms with Crippen molar-refractivity contribution in [2.45, 2.75) is 6.92 Å². The number of aromatic nitrogens is 4. The molecule has 0 radical (unpaired) electrons. The molecule has 1 heterocycles. The van der Waals surface area contributed by atoms with E-state index in [0.29, 0.717) is 10.8 Å². The Labute approximate surface area is 115 Å². The Bertz CT molecular complexity index is 703. The van der Waals surface area contributed by atoms with Gasteiger partial charge in [0.2, 0.25) is 5.82 Å². The first kappa shape index (κ1) is 11.9. The van der Waals surface area contributed by atoms with Crippen LogP contribution in [-0.2, 0) is 0 Å². The summed E-state index contributed by atoms with van der Waals surface area (Å²) in [6.45, 7) is 2.04. The lowest BCUT2D eigenvalue weighted by molar-refractivity contribution is 0.720. The van der Waals surface area contributed by atoms with Gasteiger partial charge in [-0.2, -0.15) is 0 Å². The molecular formula is C14H11ClN4. The van der Waals surface area contributed by atoms with Crippen LogP contribution < -0.4 is 0 Å². The summed E-state index contributed by atoms with van der Waals surface area (Å²) in [4.78, 5) is 1.50. The van der Waals surface area contributed by atoms with Crippen molar-refractivity contribution in [3.05, 3.63) is 59.1 Å². The molecule has 3 aromatic rings. The van der Waals surface area contributed by atoms with Gasteiger partial charge < -0.3 is 0 Å². The van der Waals surface area contributed by atoms with Gasteiger partial charge in [0, 0.05) is 5.56 Å². The molecule has 0 amide bonds. The summed E-state index contributed by atoms with van der Waals surface area (Å²) >= 11 is 6.12. The molecule has 19 heavy (non-hydrogen) atoms. The Morgan fingerprint density at radius 3 is 2.47 bits per heavy atom. The zero-order valence-electron chi connectivity index (χ0n) is 10.3. The number of benzene rings is 2. The van der Waals surface area contributed by atoms with Gasteiger partial charge in [0.1, 0.15) is 0 Å². The summed E-state index contributed by atoms with van der Waals surface area (Å²) in [5.74, 6) is 0.520. The average molecular weight is 271 g/mol. The maximum absolute atomic E-state index is 6.12. The molecule has 1 aromatic heterocycles. The van der Waals surface area contributed by atoms with E-state index in [1.807, 2.05) is 55.5 Å². The van der Waals surface area contributed by atoms with Crippen LogP contribution >= 0.6 is 11.6 Å². The van der Waals surface area contributed by atoms with Gasteiger partial charge in [-0.25, -0.2) is 0 Å². The van der Waals surface area contributed by atoms with Crippen LogP contribution in [0.4, 0.5) is 0 Å². The fourth-order valence-electron chi connectivity index (χ4n) is 1.75. The highest BCUT2D eigenvalue weighted by molar-refractivity contribution is 6.33. The zero-order valence-corrected chi connectivity index (χ0v) is 11.0. The van der Waals surface area contributed by atoms with Crippen molar-refractivity contribution in [3.8, 4) is 17.1 Å². The van der Waals surface area contributed by atoms with Gasteiger partial charge in [-0.05, 0) is 36.4 Å². The van der Waals surface area contributed by atoms with E-state index in [2.05, 4.69) is 15.4 Å². The minimum Gasteiger partial charge on any atom is -0.130 e. The predicted molar refractivity (Wildman–Crippen MR) is 74.3 cm³/mol. The largest absolute Gasteiger partial charge is 0.206 e. The molecule has 0 atom stereocenters. The molecule has 5 heteroatoms. The molecule has 0 saturated carbocycles. The van der Waals surface area contributed by atoms with Crippen molar-refractivity contribution in [1.82, 2.24) is 20.2 Å². The number of hydrogen-bond acceptors (Lipinski definition) is 3. The molecule has 0 aliphatic carbocycles. The fourth-order valence-corrected chi connectivity index (χ4v) is 1.97. The number of halogens is 1. The molecule has 0 unspecified atom stereocenters. The average Bonchev–Trinajstić information content (AvgIpc) is 2.89. The van der Waals surface area contributed by atoms with E-state index >= 15 is 0 Å². The number of rotatable bonds is 2. The van der Waals surface area contributed by atoms with Crippen LogP contribution in [-0.4, -0.2) is 20.2 Å². The normalized spacial score (nSPS) is 10.6. The maximum atomic E-state index is 6.12. The van der Waals surface area contributed by atoms with E-state index in [4.69, 9.17) is 11.6 Å². The molecule has 0 fully saturated rings. The number of aryl methyl sites for hydroxylation is 1. The number of tetrazole rings is 1. The Hall–Kier alpha value is -2.20. The van der Waals surface area contributed by atoms with Crippen molar-refractivity contribution in [2.75, 3.05) is 0 Å². The van der Waals surface area contributed by atoms with Crippen LogP contribution in [0.15, 0.2) is 48.5 Å². The predicted octanol–water partition coefficient (Wildman–Crippen LogP) is 3.29. The molecule has 4 nitrogen and oxygen atoms in total. The molecule has 2 aromatic carbocycles. The third-order valence-corrected chi connectivity index (χ3v) is 3.12. The highest BCUT2D eigenvalue weighted by atomic mass is 35.5. The van der Waals surface area contributed by atoms with Gasteiger partial charge in [-0.1, -0.05) is 41.4 Å². The molecule has 0 spiro atoms. The highest BCUT2D eigenvalue weighted by Crippen LogP contribution is 2.24. The lowest BCUT2D eigenvalue weighted by atomic mass is 10.2. The van der Waals surface area contributed by atoms with Gasteiger partial charge in [-0.15, -0.1) is 15.0 Å². The van der Waals surface area contributed by atoms with E-state index in [9.17, 15) is 0 Å². The molecule has 94 valence electrons. The van der Waals surface area contributed by atoms with Crippen LogP contribution in [0.25, 0.3) is 17.1 Å². The van der Waals surface area contributed by atoms with Crippen molar-refractivity contribution in [3.63, 3.8) is 0 Å². The Morgan fingerprint density at radius 2 is 1.74 bits per heavy atom. The van der Waals surface area contributed by atoms with Crippen LogP contribution in [0.5, 0.6) is 0 Å². The highest BCUT2D eigenvalue weighted by Gasteiger charge is 2.09. The summed E-state index contributed by atoms with van der Waals surface area (Å²) in [6.07, 6.45) is 0. The topological polar surface area (TPSA) is 43.6 Å². The van der Waals surface area contributed by atoms with Gasteiger partial charge in [0.05, 0.1) is 10.7 Å². The van der Waals surface area contributed by atoms with Gasteiger partial charge >= 0.3 is 0 Å². The Morgan fingerprint density at radius 1 is 1.00 bits per heavy atom. The van der Waals surface area contributed by atoms with Gasteiger partial charge in [-0.3, -0.25) is 0 Å². The lowest BCUT2D eigenvalue weighted by Gasteiger charge is -1.99. The fraction of sp³-hybridized carbons (Fsp3) is 0.0714. The van der Waals surface area contributed by atoms with Crippen LogP contribution in [0.1, 0.15) is 5.56 Å². The summed E-state index contributed by atoms with van der Waals surface area (Å²) in [7, 11) is 0. The first-order valence-corrected chi connectivity index (χ1v) is 6.24. The Balaban J connectivity index is 2.00. The second kappa shape index (κ2) is 4.82. The molecule has 0 aliphatic rings. The van der Waals surface area contributed by atoms with Crippen molar-refractivity contribution >= 4 is 11.6 Å².